The van der Waals surface area contributed by atoms with Gasteiger partial charge in [0.15, 0.2) is 66.5 Å². The first kappa shape index (κ1) is 55.0. The lowest BCUT2D eigenvalue weighted by molar-refractivity contribution is -0.129. The molecule has 37 heteroatoms. The van der Waals surface area contributed by atoms with Gasteiger partial charge in [0.2, 0.25) is 0 Å². The molecule has 0 N–H and O–H groups in total. The van der Waals surface area contributed by atoms with Gasteiger partial charge < -0.3 is 87.0 Å². The van der Waals surface area contributed by atoms with Crippen molar-refractivity contribution in [2.75, 3.05) is 6.61 Å². The largest absolute Gasteiger partial charge is 0.651 e. The lowest BCUT2D eigenvalue weighted by Crippen LogP contribution is -2.93. The Labute approximate surface area is 392 Å². The summed E-state index contributed by atoms with van der Waals surface area (Å²) in [6.45, 7) is 45.7. The van der Waals surface area contributed by atoms with Crippen molar-refractivity contribution >= 4 is 139 Å². The van der Waals surface area contributed by atoms with Crippen LogP contribution in [0.3, 0.4) is 0 Å². The third-order valence-electron chi connectivity index (χ3n) is 7.54. The Kier molecular flexibility index (Phi) is 14.7. The van der Waals surface area contributed by atoms with Crippen molar-refractivity contribution in [1.29, 1.82) is 0 Å². The number of hydrogen-bond donors (Lipinski definition) is 0. The van der Waals surface area contributed by atoms with Crippen LogP contribution in [0.1, 0.15) is 0 Å². The summed E-state index contributed by atoms with van der Waals surface area (Å²) in [4.78, 5) is 0. The predicted molar refractivity (Wildman–Crippen MR) is 263 cm³/mol. The van der Waals surface area contributed by atoms with Gasteiger partial charge >= 0.3 is 72.4 Å². The fraction of sp³-hybridized carbons (Fsp3) is 1.00. The molecular weight excluding hydrogens is 1100 g/mol. The Morgan fingerprint density at radius 1 is 0.286 bits per heavy atom. The van der Waals surface area contributed by atoms with Crippen LogP contribution in [0.5, 0.6) is 0 Å². The summed E-state index contributed by atoms with van der Waals surface area (Å²) in [5.41, 5.74) is 0. The first-order valence-corrected chi connectivity index (χ1v) is 61.4. The minimum atomic E-state index is -5.09. The zero-order valence-corrected chi connectivity index (χ0v) is 57.6. The maximum atomic E-state index is 7.47. The smallest absolute Gasteiger partial charge is 0.396 e. The van der Waals surface area contributed by atoms with Gasteiger partial charge in [0.1, 0.15) is 0 Å². The van der Waals surface area contributed by atoms with Crippen molar-refractivity contribution < 1.29 is 87.0 Å². The van der Waals surface area contributed by atoms with Gasteiger partial charge in [-0.2, -0.15) is 0 Å². The molecule has 0 radical (unpaired) electrons. The Morgan fingerprint density at radius 2 is 0.429 bits per heavy atom. The van der Waals surface area contributed by atoms with E-state index in [-0.39, 0.29) is 6.10 Å². The number of ether oxygens (including phenoxy) is 1. The normalized spacial score (nSPS) is 40.3. The molecular formula is C26H74O21Si16. The molecule has 7 aliphatic heterocycles. The average Bonchev–Trinajstić information content (AvgIpc) is 3.63. The third kappa shape index (κ3) is 14.9. The second kappa shape index (κ2) is 16.8. The predicted octanol–water partition coefficient (Wildman–Crippen LogP) is 6.32. The van der Waals surface area contributed by atoms with Crippen LogP contribution in [-0.2, 0) is 87.0 Å². The molecule has 7 rings (SSSR count). The fourth-order valence-electron chi connectivity index (χ4n) is 6.58. The van der Waals surface area contributed by atoms with Gasteiger partial charge in [-0.05, 0) is 157 Å². The van der Waals surface area contributed by atoms with Crippen LogP contribution in [0.25, 0.3) is 0 Å². The van der Waals surface area contributed by atoms with Crippen molar-refractivity contribution in [3.8, 4) is 0 Å². The van der Waals surface area contributed by atoms with Gasteiger partial charge in [0.05, 0.1) is 12.7 Å². The molecule has 7 fully saturated rings. The molecule has 7 saturated heterocycles. The molecule has 1 atom stereocenters. The summed E-state index contributed by atoms with van der Waals surface area (Å²) >= 11 is 0. The summed E-state index contributed by atoms with van der Waals surface area (Å²) in [5, 5.41) is 0. The summed E-state index contributed by atoms with van der Waals surface area (Å²) in [6, 6.07) is 0.545. The summed E-state index contributed by atoms with van der Waals surface area (Å²) in [6.07, 6.45) is -0.0447. The number of rotatable bonds is 18. The van der Waals surface area contributed by atoms with E-state index in [1.165, 1.54) is 0 Å². The van der Waals surface area contributed by atoms with E-state index in [0.29, 0.717) is 12.7 Å². The van der Waals surface area contributed by atoms with E-state index in [0.717, 1.165) is 0 Å². The highest BCUT2D eigenvalue weighted by molar-refractivity contribution is 7.04. The van der Waals surface area contributed by atoms with E-state index in [9.17, 15) is 0 Å². The van der Waals surface area contributed by atoms with Crippen molar-refractivity contribution in [3.63, 3.8) is 0 Å². The monoisotopic (exact) mass is 1170 g/mol. The van der Waals surface area contributed by atoms with Crippen LogP contribution in [0, 0.1) is 0 Å². The average molecular weight is 1170 g/mol. The zero-order valence-electron chi connectivity index (χ0n) is 41.6. The quantitative estimate of drug-likeness (QED) is 0.109. The maximum Gasteiger partial charge on any atom is 0.651 e. The number of epoxide rings is 1. The lowest BCUT2D eigenvalue weighted by atomic mass is 10.6. The molecule has 0 aromatic heterocycles. The van der Waals surface area contributed by atoms with Gasteiger partial charge in [0.25, 0.3) is 0 Å². The van der Waals surface area contributed by atoms with Crippen molar-refractivity contribution in [3.05, 3.63) is 0 Å². The van der Waals surface area contributed by atoms with Crippen LogP contribution in [0.2, 0.25) is 157 Å². The van der Waals surface area contributed by atoms with E-state index in [1.54, 1.807) is 0 Å². The van der Waals surface area contributed by atoms with Crippen LogP contribution in [0.4, 0.5) is 0 Å². The van der Waals surface area contributed by atoms with E-state index < -0.39 is 139 Å². The van der Waals surface area contributed by atoms with Gasteiger partial charge in [0, 0.05) is 0 Å². The van der Waals surface area contributed by atoms with E-state index >= 15 is 0 Å². The van der Waals surface area contributed by atoms with Crippen molar-refractivity contribution in [1.82, 2.24) is 0 Å². The first-order valence-electron chi connectivity index (χ1n) is 21.4. The molecule has 63 heavy (non-hydrogen) atoms. The Morgan fingerprint density at radius 3 is 0.556 bits per heavy atom. The topological polar surface area (TPSA) is 197 Å². The van der Waals surface area contributed by atoms with Crippen LogP contribution < -0.4 is 0 Å². The third-order valence-corrected chi connectivity index (χ3v) is 60.3. The Bertz CT molecular complexity index is 1520. The molecule has 8 bridgehead atoms. The summed E-state index contributed by atoms with van der Waals surface area (Å²) in [5.74, 6) is 0. The maximum absolute atomic E-state index is 7.47. The summed E-state index contributed by atoms with van der Waals surface area (Å²) in [7, 11) is -63.4. The zero-order chi connectivity index (χ0) is 47.8. The standard InChI is InChI=1S/C26H74O21Si16/c1-48(2,3)28-56-36-57(29-49(4,5)6)39-60(32-52(13,14)15)41-58(37-56,30-50(7,8)9)43-62(34-54(19,20)21)44-59(38-56,31-51(10,11)12)42-61(40-57,33-53(16,17)18)46-63(45-60,47-62)35-55(22,23)25-26-24-27-26/h26H,24-25H2,1-23H3. The Balaban J connectivity index is 1.83. The van der Waals surface area contributed by atoms with Gasteiger partial charge in [-0.25, -0.2) is 0 Å². The molecule has 0 aromatic carbocycles. The van der Waals surface area contributed by atoms with E-state index in [1.807, 2.05) is 151 Å². The lowest BCUT2D eigenvalue weighted by Gasteiger charge is -2.60. The van der Waals surface area contributed by atoms with Crippen LogP contribution in [-0.4, -0.2) is 152 Å². The van der Waals surface area contributed by atoms with Crippen molar-refractivity contribution in [2.45, 2.75) is 163 Å². The molecule has 0 saturated carbocycles. The molecule has 0 aliphatic carbocycles. The van der Waals surface area contributed by atoms with Crippen LogP contribution in [0.15, 0.2) is 0 Å². The SMILES string of the molecule is C[Si](C)(C)O[Si]12O[Si]3(O[Si](C)(C)C)O[Si]4(O[Si](C)(C)C)O[Si](O[Si](C)(C)C)(O1)O[Si]1(O[Si](C)(C)C)O[Si](O[Si](C)(C)C)(O2)O[Si](O[Si](C)(C)C)(O3)O[Si](O[Si](C)(C)CC2CO2)(O4)O1. The molecule has 368 valence electrons. The molecule has 0 spiro atoms. The van der Waals surface area contributed by atoms with Crippen molar-refractivity contribution in [2.24, 2.45) is 0 Å². The molecule has 0 amide bonds. The highest BCUT2D eigenvalue weighted by Gasteiger charge is 2.92. The molecule has 21 nitrogen and oxygen atoms in total. The second-order valence-corrected chi connectivity index (χ2v) is 81.6. The first-order chi connectivity index (χ1) is 27.7. The Hall–Kier alpha value is 2.63. The minimum absolute atomic E-state index is 0.0447. The highest BCUT2D eigenvalue weighted by atomic mass is 28.7. The minimum Gasteiger partial charge on any atom is -0.396 e. The number of hydrogen-bond acceptors (Lipinski definition) is 21. The van der Waals surface area contributed by atoms with E-state index in [4.69, 9.17) is 87.0 Å². The fourth-order valence-corrected chi connectivity index (χ4v) is 72.6. The molecule has 0 aromatic rings. The van der Waals surface area contributed by atoms with Gasteiger partial charge in [-0.1, -0.05) is 0 Å². The van der Waals surface area contributed by atoms with E-state index in [2.05, 4.69) is 0 Å². The van der Waals surface area contributed by atoms with Crippen LogP contribution >= 0.6 is 0 Å². The highest BCUT2D eigenvalue weighted by Crippen LogP contribution is 2.53. The second-order valence-electron chi connectivity index (χ2n) is 23.7. The molecule has 1 unspecified atom stereocenters. The summed E-state index contributed by atoms with van der Waals surface area (Å²) < 4.78 is 152. The van der Waals surface area contributed by atoms with Gasteiger partial charge in [-0.3, -0.25) is 0 Å². The van der Waals surface area contributed by atoms with Gasteiger partial charge in [-0.15, -0.1) is 0 Å². The molecule has 7 heterocycles. The molecule has 7 aliphatic rings.